The molecule has 2 aromatic carbocycles. The van der Waals surface area contributed by atoms with Gasteiger partial charge in [-0.15, -0.1) is 0 Å². The van der Waals surface area contributed by atoms with E-state index in [4.69, 9.17) is 9.47 Å². The van der Waals surface area contributed by atoms with E-state index in [0.717, 1.165) is 5.69 Å². The molecule has 0 saturated heterocycles. The number of aromatic nitrogens is 2. The van der Waals surface area contributed by atoms with Gasteiger partial charge < -0.3 is 14.8 Å². The van der Waals surface area contributed by atoms with Gasteiger partial charge in [-0.2, -0.15) is 4.98 Å². The number of hydrogen-bond donors (Lipinski definition) is 1. The Balaban J connectivity index is 1.73. The standard InChI is InChI=1S/C21H20FN3O3/c1-3-16-12-20(25-21(23-16)14-7-6-8-15(22)11-14)28-13-19(26)24-17-9-4-5-10-18(17)27-2/h4-12H,3,13H2,1-2H3,(H,24,26). The van der Waals surface area contributed by atoms with Crippen LogP contribution in [0.25, 0.3) is 11.4 Å². The van der Waals surface area contributed by atoms with E-state index in [2.05, 4.69) is 15.3 Å². The van der Waals surface area contributed by atoms with Crippen LogP contribution in [-0.2, 0) is 11.2 Å². The molecule has 0 atom stereocenters. The number of para-hydroxylation sites is 2. The van der Waals surface area contributed by atoms with Gasteiger partial charge in [0.1, 0.15) is 11.6 Å². The summed E-state index contributed by atoms with van der Waals surface area (Å²) >= 11 is 0. The Morgan fingerprint density at radius 3 is 2.68 bits per heavy atom. The van der Waals surface area contributed by atoms with E-state index >= 15 is 0 Å². The highest BCUT2D eigenvalue weighted by molar-refractivity contribution is 5.93. The molecule has 144 valence electrons. The Hall–Kier alpha value is -3.48. The van der Waals surface area contributed by atoms with Crippen LogP contribution in [0.1, 0.15) is 12.6 Å². The van der Waals surface area contributed by atoms with Crippen LogP contribution in [0.4, 0.5) is 10.1 Å². The Bertz CT molecular complexity index is 979. The number of methoxy groups -OCH3 is 1. The summed E-state index contributed by atoms with van der Waals surface area (Å²) in [4.78, 5) is 20.9. The molecule has 7 heteroatoms. The van der Waals surface area contributed by atoms with Gasteiger partial charge in [-0.1, -0.05) is 31.2 Å². The fourth-order valence-electron chi connectivity index (χ4n) is 2.56. The number of nitrogens with one attached hydrogen (secondary N) is 1. The number of anilines is 1. The third-order valence-electron chi connectivity index (χ3n) is 3.93. The predicted molar refractivity (Wildman–Crippen MR) is 104 cm³/mol. The topological polar surface area (TPSA) is 73.3 Å². The number of halogens is 1. The number of aryl methyl sites for hydroxylation is 1. The van der Waals surface area contributed by atoms with Crippen LogP contribution < -0.4 is 14.8 Å². The van der Waals surface area contributed by atoms with Crippen molar-refractivity contribution in [3.8, 4) is 23.0 Å². The number of benzene rings is 2. The van der Waals surface area contributed by atoms with Crippen molar-refractivity contribution in [3.63, 3.8) is 0 Å². The van der Waals surface area contributed by atoms with Gasteiger partial charge in [0.15, 0.2) is 12.4 Å². The normalized spacial score (nSPS) is 10.4. The fraction of sp³-hybridized carbons (Fsp3) is 0.190. The number of ether oxygens (including phenoxy) is 2. The Morgan fingerprint density at radius 2 is 1.93 bits per heavy atom. The summed E-state index contributed by atoms with van der Waals surface area (Å²) in [6.07, 6.45) is 0.647. The number of carbonyl (C=O) groups excluding carboxylic acids is 1. The molecule has 1 aromatic heterocycles. The lowest BCUT2D eigenvalue weighted by molar-refractivity contribution is -0.118. The van der Waals surface area contributed by atoms with Gasteiger partial charge in [-0.05, 0) is 30.7 Å². The number of hydrogen-bond acceptors (Lipinski definition) is 5. The molecule has 0 radical (unpaired) electrons. The highest BCUT2D eigenvalue weighted by atomic mass is 19.1. The van der Waals surface area contributed by atoms with E-state index in [-0.39, 0.29) is 24.2 Å². The van der Waals surface area contributed by atoms with E-state index in [1.54, 1.807) is 36.4 Å². The molecule has 0 aliphatic carbocycles. The highest BCUT2D eigenvalue weighted by Gasteiger charge is 2.11. The second-order valence-electron chi connectivity index (χ2n) is 5.92. The van der Waals surface area contributed by atoms with Crippen molar-refractivity contribution in [3.05, 3.63) is 66.1 Å². The lowest BCUT2D eigenvalue weighted by Gasteiger charge is -2.11. The smallest absolute Gasteiger partial charge is 0.262 e. The molecular weight excluding hydrogens is 361 g/mol. The maximum Gasteiger partial charge on any atom is 0.262 e. The summed E-state index contributed by atoms with van der Waals surface area (Å²) in [6.45, 7) is 1.71. The van der Waals surface area contributed by atoms with Crippen molar-refractivity contribution in [1.82, 2.24) is 9.97 Å². The maximum absolute atomic E-state index is 13.5. The van der Waals surface area contributed by atoms with Crippen molar-refractivity contribution >= 4 is 11.6 Å². The van der Waals surface area contributed by atoms with E-state index in [1.165, 1.54) is 19.2 Å². The molecule has 1 amide bonds. The molecule has 0 saturated carbocycles. The van der Waals surface area contributed by atoms with Crippen molar-refractivity contribution < 1.29 is 18.7 Å². The van der Waals surface area contributed by atoms with Gasteiger partial charge in [0.25, 0.3) is 5.91 Å². The number of nitrogens with zero attached hydrogens (tertiary/aromatic N) is 2. The van der Waals surface area contributed by atoms with Gasteiger partial charge in [-0.25, -0.2) is 9.37 Å². The van der Waals surface area contributed by atoms with Gasteiger partial charge in [-0.3, -0.25) is 4.79 Å². The van der Waals surface area contributed by atoms with Gasteiger partial charge in [0, 0.05) is 17.3 Å². The minimum absolute atomic E-state index is 0.235. The largest absolute Gasteiger partial charge is 0.495 e. The first-order chi connectivity index (χ1) is 13.6. The highest BCUT2D eigenvalue weighted by Crippen LogP contribution is 2.23. The first kappa shape index (κ1) is 19.3. The molecular formula is C21H20FN3O3. The molecule has 0 spiro atoms. The van der Waals surface area contributed by atoms with Crippen molar-refractivity contribution in [2.45, 2.75) is 13.3 Å². The van der Waals surface area contributed by atoms with Crippen LogP contribution in [-0.4, -0.2) is 29.6 Å². The Labute approximate surface area is 162 Å². The van der Waals surface area contributed by atoms with Crippen molar-refractivity contribution in [2.75, 3.05) is 19.0 Å². The number of rotatable bonds is 7. The molecule has 0 unspecified atom stereocenters. The summed E-state index contributed by atoms with van der Waals surface area (Å²) in [5.74, 6) is 0.426. The van der Waals surface area contributed by atoms with E-state index in [9.17, 15) is 9.18 Å². The third-order valence-corrected chi connectivity index (χ3v) is 3.93. The molecule has 6 nitrogen and oxygen atoms in total. The molecule has 3 aromatic rings. The zero-order chi connectivity index (χ0) is 19.9. The minimum atomic E-state index is -0.373. The van der Waals surface area contributed by atoms with Gasteiger partial charge in [0.2, 0.25) is 5.88 Å². The van der Waals surface area contributed by atoms with Crippen LogP contribution in [0.5, 0.6) is 11.6 Å². The molecule has 1 heterocycles. The zero-order valence-corrected chi connectivity index (χ0v) is 15.6. The monoisotopic (exact) mass is 381 g/mol. The predicted octanol–water partition coefficient (Wildman–Crippen LogP) is 3.87. The first-order valence-electron chi connectivity index (χ1n) is 8.78. The molecule has 3 rings (SSSR count). The average molecular weight is 381 g/mol. The summed E-state index contributed by atoms with van der Waals surface area (Å²) in [6, 6.07) is 14.8. The fourth-order valence-corrected chi connectivity index (χ4v) is 2.56. The number of amides is 1. The summed E-state index contributed by atoms with van der Waals surface area (Å²) < 4.78 is 24.3. The lowest BCUT2D eigenvalue weighted by Crippen LogP contribution is -2.21. The molecule has 28 heavy (non-hydrogen) atoms. The Kier molecular flexibility index (Phi) is 6.16. The Morgan fingerprint density at radius 1 is 1.11 bits per heavy atom. The van der Waals surface area contributed by atoms with Crippen LogP contribution in [0, 0.1) is 5.82 Å². The van der Waals surface area contributed by atoms with Crippen LogP contribution in [0.2, 0.25) is 0 Å². The molecule has 0 bridgehead atoms. The SMILES string of the molecule is CCc1cc(OCC(=O)Nc2ccccc2OC)nc(-c2cccc(F)c2)n1. The van der Waals surface area contributed by atoms with Gasteiger partial charge in [0.05, 0.1) is 12.8 Å². The zero-order valence-electron chi connectivity index (χ0n) is 15.6. The van der Waals surface area contributed by atoms with E-state index in [0.29, 0.717) is 29.2 Å². The lowest BCUT2D eigenvalue weighted by atomic mass is 10.2. The van der Waals surface area contributed by atoms with Gasteiger partial charge >= 0.3 is 0 Å². The van der Waals surface area contributed by atoms with Crippen molar-refractivity contribution in [2.24, 2.45) is 0 Å². The van der Waals surface area contributed by atoms with Crippen molar-refractivity contribution in [1.29, 1.82) is 0 Å². The van der Waals surface area contributed by atoms with Crippen LogP contribution in [0.15, 0.2) is 54.6 Å². The molecule has 0 fully saturated rings. The molecule has 1 N–H and O–H groups in total. The quantitative estimate of drug-likeness (QED) is 0.673. The van der Waals surface area contributed by atoms with Crippen LogP contribution in [0.3, 0.4) is 0 Å². The molecule has 0 aliphatic heterocycles. The van der Waals surface area contributed by atoms with Crippen LogP contribution >= 0.6 is 0 Å². The summed E-state index contributed by atoms with van der Waals surface area (Å²) in [5, 5.41) is 2.73. The summed E-state index contributed by atoms with van der Waals surface area (Å²) in [7, 11) is 1.53. The summed E-state index contributed by atoms with van der Waals surface area (Å²) in [5.41, 5.74) is 1.82. The second-order valence-corrected chi connectivity index (χ2v) is 5.92. The first-order valence-corrected chi connectivity index (χ1v) is 8.78. The average Bonchev–Trinajstić information content (AvgIpc) is 2.72. The van der Waals surface area contributed by atoms with E-state index in [1.807, 2.05) is 13.0 Å². The number of carbonyl (C=O) groups is 1. The maximum atomic E-state index is 13.5. The third kappa shape index (κ3) is 4.82. The second kappa shape index (κ2) is 8.94. The van der Waals surface area contributed by atoms with E-state index < -0.39 is 0 Å². The minimum Gasteiger partial charge on any atom is -0.495 e. The molecule has 0 aliphatic rings.